The first kappa shape index (κ1) is 27.1. The van der Waals surface area contributed by atoms with E-state index in [1.165, 1.54) is 11.8 Å². The van der Waals surface area contributed by atoms with E-state index in [0.29, 0.717) is 5.04 Å². The molecule has 0 bridgehead atoms. The number of fused-ring (bicyclic) bond motifs is 2. The molecule has 4 nitrogen and oxygen atoms in total. The third-order valence-corrected chi connectivity index (χ3v) is 11.5. The van der Waals surface area contributed by atoms with Crippen LogP contribution in [0.3, 0.4) is 0 Å². The van der Waals surface area contributed by atoms with Gasteiger partial charge in [-0.2, -0.15) is 5.10 Å². The lowest BCUT2D eigenvalue weighted by Gasteiger charge is -2.37. The second kappa shape index (κ2) is 10.7. The van der Waals surface area contributed by atoms with Gasteiger partial charge in [-0.3, -0.25) is 0 Å². The van der Waals surface area contributed by atoms with E-state index in [-0.39, 0.29) is 6.61 Å². The van der Waals surface area contributed by atoms with Gasteiger partial charge >= 0.3 is 5.97 Å². The second-order valence-electron chi connectivity index (χ2n) is 8.94. The van der Waals surface area contributed by atoms with E-state index in [2.05, 4.69) is 121 Å². The van der Waals surface area contributed by atoms with Crippen molar-refractivity contribution in [1.29, 1.82) is 0 Å². The summed E-state index contributed by atoms with van der Waals surface area (Å²) >= 11 is 14.0. The number of esters is 1. The van der Waals surface area contributed by atoms with Gasteiger partial charge in [0, 0.05) is 19.0 Å². The molecule has 4 aromatic rings. The fourth-order valence-corrected chi connectivity index (χ4v) is 9.37. The van der Waals surface area contributed by atoms with E-state index in [9.17, 15) is 4.79 Å². The summed E-state index contributed by atoms with van der Waals surface area (Å²) in [4.78, 5) is 13.1. The van der Waals surface area contributed by atoms with Crippen LogP contribution in [-0.2, 0) is 18.5 Å². The molecule has 9 heteroatoms. The molecule has 4 aromatic carbocycles. The summed E-state index contributed by atoms with van der Waals surface area (Å²) in [6.45, 7) is 2.10. The maximum absolute atomic E-state index is 13.1. The minimum Gasteiger partial charge on any atom is -0.461 e. The highest BCUT2D eigenvalue weighted by Crippen LogP contribution is 2.71. The number of nitrogens with zero attached hydrogens (tertiary/aromatic N) is 2. The zero-order valence-electron chi connectivity index (χ0n) is 20.6. The van der Waals surface area contributed by atoms with Gasteiger partial charge in [-0.1, -0.05) is 120 Å². The summed E-state index contributed by atoms with van der Waals surface area (Å²) in [5.41, 5.74) is 5.42. The van der Waals surface area contributed by atoms with Gasteiger partial charge < -0.3 is 4.74 Å². The zero-order valence-corrected chi connectivity index (χ0v) is 27.0. The Hall–Kier alpha value is -2.04. The molecule has 2 aliphatic heterocycles. The number of carbonyl (C=O) groups is 1. The molecular formula is C30H21Br3N2O2S2. The summed E-state index contributed by atoms with van der Waals surface area (Å²) in [5.74, 6) is -0.413. The van der Waals surface area contributed by atoms with Crippen LogP contribution in [0.1, 0.15) is 29.2 Å². The molecule has 0 amide bonds. The van der Waals surface area contributed by atoms with Crippen molar-refractivity contribution >= 4 is 88.0 Å². The maximum Gasteiger partial charge on any atom is 0.365 e. The zero-order chi connectivity index (χ0) is 27.2. The Labute approximate surface area is 261 Å². The van der Waals surface area contributed by atoms with Gasteiger partial charge in [-0.05, 0) is 72.1 Å². The topological polar surface area (TPSA) is 41.9 Å². The van der Waals surface area contributed by atoms with Gasteiger partial charge in [-0.15, -0.1) is 0 Å². The Morgan fingerprint density at radius 3 is 1.85 bits per heavy atom. The molecule has 0 saturated carbocycles. The smallest absolute Gasteiger partial charge is 0.365 e. The summed E-state index contributed by atoms with van der Waals surface area (Å²) in [6.07, 6.45) is 0. The lowest BCUT2D eigenvalue weighted by Crippen LogP contribution is -2.34. The number of anilines is 1. The summed E-state index contributed by atoms with van der Waals surface area (Å²) in [6, 6.07) is 33.5. The SMILES string of the molecule is CCOC(=O)C1=NN(c2ccc(Br)cc2)C2(S1)SC(c1ccc(Br)cc1)(c1ccc(Br)cc1)c1ccccc12. The van der Waals surface area contributed by atoms with Crippen molar-refractivity contribution in [3.05, 3.63) is 133 Å². The van der Waals surface area contributed by atoms with Crippen LogP contribution in [0.15, 0.2) is 116 Å². The molecule has 6 rings (SSSR count). The molecule has 0 N–H and O–H groups in total. The van der Waals surface area contributed by atoms with Crippen LogP contribution in [0.2, 0.25) is 0 Å². The Morgan fingerprint density at radius 1 is 0.795 bits per heavy atom. The summed E-state index contributed by atoms with van der Waals surface area (Å²) < 4.78 is 7.10. The van der Waals surface area contributed by atoms with Crippen molar-refractivity contribution in [3.63, 3.8) is 0 Å². The van der Waals surface area contributed by atoms with Crippen LogP contribution in [0.25, 0.3) is 0 Å². The van der Waals surface area contributed by atoms with Gasteiger partial charge in [0.1, 0.15) is 0 Å². The van der Waals surface area contributed by atoms with Crippen LogP contribution in [-0.4, -0.2) is 17.6 Å². The number of hydrogen-bond donors (Lipinski definition) is 0. The molecule has 2 heterocycles. The number of rotatable bonds is 5. The lowest BCUT2D eigenvalue weighted by atomic mass is 9.82. The average Bonchev–Trinajstić information content (AvgIpc) is 3.47. The average molecular weight is 745 g/mol. The van der Waals surface area contributed by atoms with Crippen molar-refractivity contribution in [2.45, 2.75) is 15.9 Å². The Kier molecular flexibility index (Phi) is 7.48. The van der Waals surface area contributed by atoms with E-state index in [1.807, 2.05) is 36.2 Å². The first-order valence-electron chi connectivity index (χ1n) is 12.2. The van der Waals surface area contributed by atoms with Gasteiger partial charge in [0.05, 0.1) is 17.0 Å². The number of halogens is 3. The summed E-state index contributed by atoms with van der Waals surface area (Å²) in [5, 5.41) is 7.23. The van der Waals surface area contributed by atoms with Crippen molar-refractivity contribution < 1.29 is 9.53 Å². The number of hydrogen-bond acceptors (Lipinski definition) is 6. The van der Waals surface area contributed by atoms with E-state index in [0.717, 1.165) is 41.4 Å². The van der Waals surface area contributed by atoms with Gasteiger partial charge in [0.25, 0.3) is 0 Å². The van der Waals surface area contributed by atoms with Crippen molar-refractivity contribution in [1.82, 2.24) is 0 Å². The number of hydrazone groups is 1. The first-order chi connectivity index (χ1) is 18.9. The lowest BCUT2D eigenvalue weighted by molar-refractivity contribution is -0.134. The molecule has 1 spiro atoms. The fraction of sp³-hybridized carbons (Fsp3) is 0.133. The Bertz CT molecular complexity index is 1530. The van der Waals surface area contributed by atoms with Gasteiger partial charge in [-0.25, -0.2) is 9.80 Å². The minimum atomic E-state index is -0.757. The molecule has 0 saturated heterocycles. The van der Waals surface area contributed by atoms with E-state index in [4.69, 9.17) is 9.84 Å². The number of benzene rings is 4. The molecule has 0 aromatic heterocycles. The van der Waals surface area contributed by atoms with Crippen LogP contribution in [0.5, 0.6) is 0 Å². The highest BCUT2D eigenvalue weighted by Gasteiger charge is 2.62. The third-order valence-electron chi connectivity index (χ3n) is 6.67. The van der Waals surface area contributed by atoms with Gasteiger partial charge in [0.2, 0.25) is 5.04 Å². The third kappa shape index (κ3) is 4.60. The van der Waals surface area contributed by atoms with Crippen molar-refractivity contribution in [2.24, 2.45) is 5.10 Å². The molecule has 196 valence electrons. The Morgan fingerprint density at radius 2 is 1.31 bits per heavy atom. The van der Waals surface area contributed by atoms with Crippen molar-refractivity contribution in [2.75, 3.05) is 11.6 Å². The highest BCUT2D eigenvalue weighted by atomic mass is 79.9. The van der Waals surface area contributed by atoms with Gasteiger partial charge in [0.15, 0.2) is 4.20 Å². The largest absolute Gasteiger partial charge is 0.461 e. The maximum atomic E-state index is 13.1. The second-order valence-corrected chi connectivity index (χ2v) is 14.5. The predicted octanol–water partition coefficient (Wildman–Crippen LogP) is 9.25. The molecular weight excluding hydrogens is 724 g/mol. The van der Waals surface area contributed by atoms with Crippen LogP contribution in [0.4, 0.5) is 5.69 Å². The van der Waals surface area contributed by atoms with Crippen LogP contribution in [0, 0.1) is 0 Å². The predicted molar refractivity (Wildman–Crippen MR) is 172 cm³/mol. The quantitative estimate of drug-likeness (QED) is 0.191. The van der Waals surface area contributed by atoms with E-state index < -0.39 is 14.9 Å². The number of carbonyl (C=O) groups excluding carboxylic acids is 1. The molecule has 0 radical (unpaired) electrons. The van der Waals surface area contributed by atoms with E-state index >= 15 is 0 Å². The molecule has 39 heavy (non-hydrogen) atoms. The van der Waals surface area contributed by atoms with E-state index in [1.54, 1.807) is 11.8 Å². The fourth-order valence-electron chi connectivity index (χ4n) is 5.02. The monoisotopic (exact) mass is 742 g/mol. The van der Waals surface area contributed by atoms with Crippen LogP contribution >= 0.6 is 71.3 Å². The van der Waals surface area contributed by atoms with Crippen molar-refractivity contribution in [3.8, 4) is 0 Å². The molecule has 1 atom stereocenters. The number of thioether (sulfide) groups is 2. The molecule has 1 unspecified atom stereocenters. The minimum absolute atomic E-state index is 0.287. The Balaban J connectivity index is 1.62. The molecule has 2 aliphatic rings. The highest BCUT2D eigenvalue weighted by molar-refractivity contribution is 9.11. The molecule has 0 aliphatic carbocycles. The standard InChI is InChI=1S/C30H21Br3N2O2S2/c1-2-37-28(36)27-34-35(24-17-15-23(33)16-18-24)30(38-27)26-6-4-3-5-25(26)29(39-30,19-7-11-21(31)12-8-19)20-9-13-22(32)14-10-20/h3-18H,2H2,1H3. The van der Waals surface area contributed by atoms with Crippen LogP contribution < -0.4 is 5.01 Å². The normalized spacial score (nSPS) is 19.2. The number of ether oxygens (including phenoxy) is 1. The summed E-state index contributed by atoms with van der Waals surface area (Å²) in [7, 11) is 0. The first-order valence-corrected chi connectivity index (χ1v) is 16.2. The molecule has 0 fully saturated rings.